The predicted octanol–water partition coefficient (Wildman–Crippen LogP) is 4.53. The molecule has 4 heteroatoms. The third-order valence-corrected chi connectivity index (χ3v) is 4.79. The monoisotopic (exact) mass is 317 g/mol. The van der Waals surface area contributed by atoms with Gasteiger partial charge in [0.1, 0.15) is 5.82 Å². The summed E-state index contributed by atoms with van der Waals surface area (Å²) in [4.78, 5) is 13.5. The fourth-order valence-corrected chi connectivity index (χ4v) is 3.43. The normalized spacial score (nSPS) is 19.8. The zero-order chi connectivity index (χ0) is 15.9. The Morgan fingerprint density at radius 3 is 2.55 bits per heavy atom. The van der Waals surface area contributed by atoms with Crippen LogP contribution >= 0.6 is 11.6 Å². The molecule has 0 saturated carbocycles. The summed E-state index contributed by atoms with van der Waals surface area (Å²) in [5.74, 6) is -0.243. The van der Waals surface area contributed by atoms with E-state index in [1.165, 1.54) is 11.6 Å². The molecule has 1 aliphatic carbocycles. The van der Waals surface area contributed by atoms with Gasteiger partial charge in [-0.2, -0.15) is 0 Å². The molecule has 2 aromatic rings. The molecule has 0 saturated heterocycles. The molecule has 2 unspecified atom stereocenters. The van der Waals surface area contributed by atoms with Crippen LogP contribution in [0.3, 0.4) is 0 Å². The molecule has 1 aliphatic rings. The van der Waals surface area contributed by atoms with Crippen LogP contribution in [0.15, 0.2) is 42.5 Å². The summed E-state index contributed by atoms with van der Waals surface area (Å²) >= 11 is 5.93. The van der Waals surface area contributed by atoms with Crippen LogP contribution in [0.4, 0.5) is 4.39 Å². The first-order valence-electron chi connectivity index (χ1n) is 7.26. The number of rotatable bonds is 2. The van der Waals surface area contributed by atoms with Crippen molar-refractivity contribution in [1.82, 2.24) is 4.90 Å². The Labute approximate surface area is 134 Å². The Bertz CT molecular complexity index is 731. The third-order valence-electron chi connectivity index (χ3n) is 4.50. The van der Waals surface area contributed by atoms with Crippen molar-refractivity contribution in [3.8, 4) is 0 Å². The largest absolute Gasteiger partial charge is 0.339 e. The van der Waals surface area contributed by atoms with Crippen molar-refractivity contribution < 1.29 is 9.18 Å². The van der Waals surface area contributed by atoms with E-state index >= 15 is 0 Å². The average molecular weight is 318 g/mol. The van der Waals surface area contributed by atoms with Crippen LogP contribution < -0.4 is 0 Å². The van der Waals surface area contributed by atoms with E-state index in [0.717, 1.165) is 17.5 Å². The van der Waals surface area contributed by atoms with Gasteiger partial charge in [0, 0.05) is 19.9 Å². The zero-order valence-corrected chi connectivity index (χ0v) is 13.3. The van der Waals surface area contributed by atoms with Gasteiger partial charge in [-0.25, -0.2) is 4.39 Å². The summed E-state index contributed by atoms with van der Waals surface area (Å²) in [5.41, 5.74) is 3.33. The fraction of sp³-hybridized carbons (Fsp3) is 0.278. The first kappa shape index (κ1) is 15.0. The van der Waals surface area contributed by atoms with Gasteiger partial charge in [0.15, 0.2) is 0 Å². The molecule has 0 bridgehead atoms. The van der Waals surface area contributed by atoms with Gasteiger partial charge in [0.2, 0.25) is 5.91 Å². The predicted molar refractivity (Wildman–Crippen MR) is 85.5 cm³/mol. The van der Waals surface area contributed by atoms with Crippen molar-refractivity contribution in [3.63, 3.8) is 0 Å². The van der Waals surface area contributed by atoms with Gasteiger partial charge in [0.25, 0.3) is 0 Å². The van der Waals surface area contributed by atoms with Crippen molar-refractivity contribution in [1.29, 1.82) is 0 Å². The molecular weight excluding hydrogens is 301 g/mol. The minimum atomic E-state index is -0.408. The van der Waals surface area contributed by atoms with Gasteiger partial charge in [0.05, 0.1) is 11.1 Å². The maximum atomic E-state index is 13.4. The van der Waals surface area contributed by atoms with E-state index in [9.17, 15) is 9.18 Å². The van der Waals surface area contributed by atoms with Crippen LogP contribution in [0.1, 0.15) is 42.0 Å². The van der Waals surface area contributed by atoms with E-state index in [0.29, 0.717) is 0 Å². The van der Waals surface area contributed by atoms with Crippen LogP contribution in [0.2, 0.25) is 5.02 Å². The zero-order valence-electron chi connectivity index (χ0n) is 12.5. The minimum absolute atomic E-state index is 0.0394. The standard InChI is InChI=1S/C18H17ClFNO/c1-11(22)21(2)18-10-15(13-5-3-4-6-14(13)18)12-7-8-17(20)16(19)9-12/h3-9,15,18H,10H2,1-2H3. The van der Waals surface area contributed by atoms with Gasteiger partial charge in [-0.1, -0.05) is 41.9 Å². The summed E-state index contributed by atoms with van der Waals surface area (Å²) in [6.07, 6.45) is 0.789. The second kappa shape index (κ2) is 5.73. The van der Waals surface area contributed by atoms with E-state index in [1.807, 2.05) is 19.2 Å². The lowest BCUT2D eigenvalue weighted by Gasteiger charge is -2.24. The second-order valence-electron chi connectivity index (χ2n) is 5.74. The summed E-state index contributed by atoms with van der Waals surface area (Å²) in [6, 6.07) is 13.0. The van der Waals surface area contributed by atoms with Crippen LogP contribution in [0.25, 0.3) is 0 Å². The van der Waals surface area contributed by atoms with E-state index in [4.69, 9.17) is 11.6 Å². The molecule has 0 fully saturated rings. The maximum Gasteiger partial charge on any atom is 0.219 e. The van der Waals surface area contributed by atoms with E-state index in [1.54, 1.807) is 24.0 Å². The van der Waals surface area contributed by atoms with Crippen LogP contribution in [0, 0.1) is 5.82 Å². The molecule has 0 spiro atoms. The lowest BCUT2D eigenvalue weighted by molar-refractivity contribution is -0.129. The van der Waals surface area contributed by atoms with Gasteiger partial charge in [-0.05, 0) is 35.2 Å². The lowest BCUT2D eigenvalue weighted by atomic mass is 9.93. The Hall–Kier alpha value is -1.87. The van der Waals surface area contributed by atoms with Crippen LogP contribution in [-0.2, 0) is 4.79 Å². The molecule has 2 aromatic carbocycles. The second-order valence-corrected chi connectivity index (χ2v) is 6.14. The molecular formula is C18H17ClFNO. The number of halogens is 2. The lowest BCUT2D eigenvalue weighted by Crippen LogP contribution is -2.27. The summed E-state index contributed by atoms with van der Waals surface area (Å²) < 4.78 is 13.4. The number of hydrogen-bond acceptors (Lipinski definition) is 1. The SMILES string of the molecule is CC(=O)N(C)C1CC(c2ccc(F)c(Cl)c2)c2ccccc21. The number of nitrogens with zero attached hydrogens (tertiary/aromatic N) is 1. The van der Waals surface area contributed by atoms with Gasteiger partial charge in [-0.15, -0.1) is 0 Å². The summed E-state index contributed by atoms with van der Waals surface area (Å²) in [7, 11) is 1.82. The highest BCUT2D eigenvalue weighted by molar-refractivity contribution is 6.30. The first-order chi connectivity index (χ1) is 10.5. The number of carbonyl (C=O) groups excluding carboxylic acids is 1. The molecule has 2 atom stereocenters. The molecule has 1 amide bonds. The highest BCUT2D eigenvalue weighted by atomic mass is 35.5. The molecule has 0 N–H and O–H groups in total. The molecule has 0 aliphatic heterocycles. The Morgan fingerprint density at radius 1 is 1.23 bits per heavy atom. The molecule has 3 rings (SSSR count). The molecule has 0 aromatic heterocycles. The topological polar surface area (TPSA) is 20.3 Å². The van der Waals surface area contributed by atoms with Gasteiger partial charge in [-0.3, -0.25) is 4.79 Å². The van der Waals surface area contributed by atoms with Crippen LogP contribution in [-0.4, -0.2) is 17.9 Å². The average Bonchev–Trinajstić information content (AvgIpc) is 2.89. The Morgan fingerprint density at radius 2 is 1.91 bits per heavy atom. The molecule has 114 valence electrons. The number of hydrogen-bond donors (Lipinski definition) is 0. The van der Waals surface area contributed by atoms with Crippen molar-refractivity contribution in [2.75, 3.05) is 7.05 Å². The summed E-state index contributed by atoms with van der Waals surface area (Å²) in [6.45, 7) is 1.57. The number of fused-ring (bicyclic) bond motifs is 1. The number of benzene rings is 2. The summed E-state index contributed by atoms with van der Waals surface area (Å²) in [5, 5.41) is 0.137. The Kier molecular flexibility index (Phi) is 3.92. The van der Waals surface area contributed by atoms with Crippen LogP contribution in [0.5, 0.6) is 0 Å². The minimum Gasteiger partial charge on any atom is -0.339 e. The third kappa shape index (κ3) is 2.50. The number of carbonyl (C=O) groups is 1. The highest BCUT2D eigenvalue weighted by Gasteiger charge is 2.34. The molecule has 0 radical (unpaired) electrons. The van der Waals surface area contributed by atoms with Crippen molar-refractivity contribution >= 4 is 17.5 Å². The molecule has 0 heterocycles. The molecule has 2 nitrogen and oxygen atoms in total. The molecule has 22 heavy (non-hydrogen) atoms. The highest BCUT2D eigenvalue weighted by Crippen LogP contribution is 2.46. The van der Waals surface area contributed by atoms with E-state index < -0.39 is 5.82 Å². The maximum absolute atomic E-state index is 13.4. The van der Waals surface area contributed by atoms with E-state index in [-0.39, 0.29) is 22.9 Å². The van der Waals surface area contributed by atoms with Crippen molar-refractivity contribution in [2.24, 2.45) is 0 Å². The van der Waals surface area contributed by atoms with Gasteiger partial charge >= 0.3 is 0 Å². The number of amides is 1. The first-order valence-corrected chi connectivity index (χ1v) is 7.64. The van der Waals surface area contributed by atoms with E-state index in [2.05, 4.69) is 12.1 Å². The van der Waals surface area contributed by atoms with Crippen molar-refractivity contribution in [3.05, 3.63) is 70.0 Å². The smallest absolute Gasteiger partial charge is 0.219 e. The van der Waals surface area contributed by atoms with Crippen molar-refractivity contribution in [2.45, 2.75) is 25.3 Å². The quantitative estimate of drug-likeness (QED) is 0.796. The Balaban J connectivity index is 2.04. The fourth-order valence-electron chi connectivity index (χ4n) is 3.24. The van der Waals surface area contributed by atoms with Gasteiger partial charge < -0.3 is 4.90 Å².